The summed E-state index contributed by atoms with van der Waals surface area (Å²) in [4.78, 5) is 43.4. The molecule has 2 N–H and O–H groups in total. The van der Waals surface area contributed by atoms with Crippen molar-refractivity contribution in [1.82, 2.24) is 34.7 Å². The Bertz CT molecular complexity index is 1650. The Balaban J connectivity index is 1.18. The van der Waals surface area contributed by atoms with Crippen LogP contribution in [0.1, 0.15) is 55.2 Å². The fourth-order valence-electron chi connectivity index (χ4n) is 5.78. The molecule has 230 valence electrons. The van der Waals surface area contributed by atoms with Crippen molar-refractivity contribution in [1.29, 1.82) is 0 Å². The smallest absolute Gasteiger partial charge is 0.255 e. The summed E-state index contributed by atoms with van der Waals surface area (Å²) in [5.41, 5.74) is 5.07. The Hall–Kier alpha value is -4.22. The Kier molecular flexibility index (Phi) is 8.17. The maximum Gasteiger partial charge on any atom is 0.255 e. The van der Waals surface area contributed by atoms with Crippen molar-refractivity contribution in [2.45, 2.75) is 58.0 Å². The number of amides is 1. The van der Waals surface area contributed by atoms with Crippen LogP contribution in [0.5, 0.6) is 0 Å². The van der Waals surface area contributed by atoms with Crippen LogP contribution in [-0.4, -0.2) is 93.0 Å². The van der Waals surface area contributed by atoms with Gasteiger partial charge in [0.2, 0.25) is 5.95 Å². The zero-order valence-electron chi connectivity index (χ0n) is 26.5. The number of pyridine rings is 1. The van der Waals surface area contributed by atoms with Crippen molar-refractivity contribution < 1.29 is 4.79 Å². The van der Waals surface area contributed by atoms with Crippen molar-refractivity contribution in [3.63, 3.8) is 0 Å². The molecule has 1 aromatic carbocycles. The van der Waals surface area contributed by atoms with E-state index in [0.29, 0.717) is 46.1 Å². The summed E-state index contributed by atoms with van der Waals surface area (Å²) in [6, 6.07) is 10.3. The second-order valence-electron chi connectivity index (χ2n) is 13.1. The summed E-state index contributed by atoms with van der Waals surface area (Å²) in [5, 5.41) is 6.43. The molecule has 0 unspecified atom stereocenters. The number of nitrogens with zero attached hydrogens (tertiary/aromatic N) is 8. The molecule has 0 radical (unpaired) electrons. The normalized spacial score (nSPS) is 19.4. The van der Waals surface area contributed by atoms with Gasteiger partial charge in [0.05, 0.1) is 6.20 Å². The number of piperazine rings is 1. The van der Waals surface area contributed by atoms with Gasteiger partial charge in [-0.2, -0.15) is 0 Å². The van der Waals surface area contributed by atoms with Crippen molar-refractivity contribution in [3.8, 4) is 0 Å². The summed E-state index contributed by atoms with van der Waals surface area (Å²) in [7, 11) is 4.27. The number of nitrogens with one attached hydrogen (secondary N) is 2. The van der Waals surface area contributed by atoms with Crippen LogP contribution in [0.4, 0.5) is 23.1 Å². The molecule has 1 aliphatic heterocycles. The highest BCUT2D eigenvalue weighted by Crippen LogP contribution is 2.33. The predicted octanol–water partition coefficient (Wildman–Crippen LogP) is 4.63. The third-order valence-corrected chi connectivity index (χ3v) is 8.91. The minimum atomic E-state index is -0.201. The monoisotopic (exact) mass is 594 g/mol. The topological polar surface area (TPSA) is 115 Å². The third-order valence-electron chi connectivity index (χ3n) is 8.91. The van der Waals surface area contributed by atoms with Gasteiger partial charge < -0.3 is 20.4 Å². The number of carbonyl (C=O) groups is 1. The zero-order chi connectivity index (χ0) is 31.0. The maximum atomic E-state index is 13.2. The molecule has 1 aliphatic carbocycles. The summed E-state index contributed by atoms with van der Waals surface area (Å²) in [5.74, 6) is 1.03. The first kappa shape index (κ1) is 29.8. The van der Waals surface area contributed by atoms with Gasteiger partial charge in [-0.1, -0.05) is 26.8 Å². The molecule has 1 amide bonds. The van der Waals surface area contributed by atoms with Gasteiger partial charge >= 0.3 is 0 Å². The lowest BCUT2D eigenvalue weighted by molar-refractivity contribution is 0.0605. The van der Waals surface area contributed by atoms with E-state index in [1.165, 1.54) is 6.33 Å². The highest BCUT2D eigenvalue weighted by molar-refractivity contribution is 6.05. The molecular formula is C33H42N10O. The number of rotatable bonds is 7. The molecule has 4 aromatic rings. The van der Waals surface area contributed by atoms with E-state index in [2.05, 4.69) is 80.1 Å². The molecular weight excluding hydrogens is 552 g/mol. The van der Waals surface area contributed by atoms with Gasteiger partial charge in [0.1, 0.15) is 17.4 Å². The molecule has 1 saturated carbocycles. The zero-order valence-corrected chi connectivity index (χ0v) is 26.5. The molecule has 2 aliphatic rings. The molecule has 6 rings (SSSR count). The molecule has 4 heterocycles. The number of fused-ring (bicyclic) bond motifs is 1. The van der Waals surface area contributed by atoms with Gasteiger partial charge in [0.15, 0.2) is 5.82 Å². The second-order valence-corrected chi connectivity index (χ2v) is 13.1. The molecule has 3 aromatic heterocycles. The molecule has 11 heteroatoms. The van der Waals surface area contributed by atoms with Gasteiger partial charge in [-0.15, -0.1) is 0 Å². The van der Waals surface area contributed by atoms with Crippen LogP contribution in [0.15, 0.2) is 49.1 Å². The quantitative estimate of drug-likeness (QED) is 0.314. The van der Waals surface area contributed by atoms with Crippen molar-refractivity contribution >= 4 is 40.1 Å². The lowest BCUT2D eigenvalue weighted by Gasteiger charge is -2.48. The largest absolute Gasteiger partial charge is 0.341 e. The number of hydrogen-bond acceptors (Lipinski definition) is 10. The fourth-order valence-corrected chi connectivity index (χ4v) is 5.78. The Morgan fingerprint density at radius 3 is 2.52 bits per heavy atom. The van der Waals surface area contributed by atoms with Crippen LogP contribution in [0.2, 0.25) is 0 Å². The molecule has 0 atom stereocenters. The minimum absolute atomic E-state index is 0.120. The van der Waals surface area contributed by atoms with Crippen LogP contribution in [-0.2, 0) is 5.41 Å². The molecule has 11 nitrogen and oxygen atoms in total. The van der Waals surface area contributed by atoms with Gasteiger partial charge in [0, 0.05) is 79.6 Å². The molecule has 0 bridgehead atoms. The summed E-state index contributed by atoms with van der Waals surface area (Å²) in [6.45, 7) is 12.8. The van der Waals surface area contributed by atoms with Crippen LogP contribution in [0, 0.1) is 6.92 Å². The van der Waals surface area contributed by atoms with E-state index < -0.39 is 0 Å². The number of aryl methyl sites for hydroxylation is 1. The Morgan fingerprint density at radius 1 is 1.00 bits per heavy atom. The molecule has 1 saturated heterocycles. The highest BCUT2D eigenvalue weighted by atomic mass is 16.1. The van der Waals surface area contributed by atoms with Crippen LogP contribution < -0.4 is 15.5 Å². The summed E-state index contributed by atoms with van der Waals surface area (Å²) in [6.07, 6.45) is 7.22. The number of likely N-dealkylation sites (N-methyl/N-ethyl adjacent to an activating group) is 1. The Morgan fingerprint density at radius 2 is 1.77 bits per heavy atom. The van der Waals surface area contributed by atoms with E-state index in [9.17, 15) is 4.79 Å². The lowest BCUT2D eigenvalue weighted by atomic mass is 9.84. The second kappa shape index (κ2) is 12.0. The molecule has 44 heavy (non-hydrogen) atoms. The van der Waals surface area contributed by atoms with E-state index >= 15 is 0 Å². The first-order valence-corrected chi connectivity index (χ1v) is 15.3. The SMILES string of the molecule is Cc1ccc(C(=O)Nc2ccnc(C(C)(C)C)c2)cc1Nc1ncnc2cnc(N(C)C3CC(N4CCN(C)CC4)C3)nc12. The van der Waals surface area contributed by atoms with E-state index in [4.69, 9.17) is 4.98 Å². The maximum absolute atomic E-state index is 13.2. The van der Waals surface area contributed by atoms with Crippen LogP contribution in [0.3, 0.4) is 0 Å². The standard InChI is InChI=1S/C33H42N10O/c1-21-7-8-22(31(44)38-23-9-10-34-28(16-23)33(2,3)4)15-26(21)39-30-29-27(36-20-37-30)19-35-32(40-29)42(6)24-17-25(18-24)43-13-11-41(5)12-14-43/h7-10,15-16,19-20,24-25H,11-14,17-18H2,1-6H3,(H,34,38,44)(H,36,37,39). The van der Waals surface area contributed by atoms with Crippen LogP contribution in [0.25, 0.3) is 11.0 Å². The van der Waals surface area contributed by atoms with Crippen LogP contribution >= 0.6 is 0 Å². The fraction of sp³-hybridized carbons (Fsp3) is 0.455. The predicted molar refractivity (Wildman–Crippen MR) is 175 cm³/mol. The number of benzene rings is 1. The van der Waals surface area contributed by atoms with Crippen molar-refractivity contribution in [3.05, 3.63) is 65.9 Å². The van der Waals surface area contributed by atoms with E-state index in [0.717, 1.165) is 56.0 Å². The van der Waals surface area contributed by atoms with Gasteiger partial charge in [0.25, 0.3) is 5.91 Å². The summed E-state index contributed by atoms with van der Waals surface area (Å²) < 4.78 is 0. The van der Waals surface area contributed by atoms with E-state index in [-0.39, 0.29) is 11.3 Å². The number of hydrogen-bond donors (Lipinski definition) is 2. The molecule has 2 fully saturated rings. The van der Waals surface area contributed by atoms with Gasteiger partial charge in [-0.05, 0) is 56.6 Å². The highest BCUT2D eigenvalue weighted by Gasteiger charge is 2.37. The third kappa shape index (κ3) is 6.34. The lowest BCUT2D eigenvalue weighted by Crippen LogP contribution is -2.57. The average molecular weight is 595 g/mol. The van der Waals surface area contributed by atoms with Crippen molar-refractivity contribution in [2.75, 3.05) is 55.8 Å². The molecule has 0 spiro atoms. The summed E-state index contributed by atoms with van der Waals surface area (Å²) >= 11 is 0. The Labute approximate surface area is 259 Å². The van der Waals surface area contributed by atoms with Gasteiger partial charge in [-0.3, -0.25) is 14.7 Å². The number of carbonyl (C=O) groups excluding carboxylic acids is 1. The minimum Gasteiger partial charge on any atom is -0.341 e. The van der Waals surface area contributed by atoms with E-state index in [1.54, 1.807) is 18.5 Å². The van der Waals surface area contributed by atoms with Gasteiger partial charge in [-0.25, -0.2) is 19.9 Å². The van der Waals surface area contributed by atoms with Crippen molar-refractivity contribution in [2.24, 2.45) is 0 Å². The number of aromatic nitrogens is 5. The first-order chi connectivity index (χ1) is 21.0. The number of anilines is 4. The van der Waals surface area contributed by atoms with E-state index in [1.807, 2.05) is 31.2 Å². The first-order valence-electron chi connectivity index (χ1n) is 15.3. The average Bonchev–Trinajstić information content (AvgIpc) is 2.98.